The molecule has 594 valence electrons. The van der Waals surface area contributed by atoms with Crippen molar-refractivity contribution in [1.82, 2.24) is 28.2 Å². The largest absolute Gasteiger partial charge is 0.416 e. The molecule has 10 nitrogen and oxygen atoms in total. The number of alkyl halides is 12. The summed E-state index contributed by atoms with van der Waals surface area (Å²) in [6.45, 7) is 0. The van der Waals surface area contributed by atoms with Gasteiger partial charge in [-0.1, -0.05) is 133 Å². The minimum atomic E-state index is -5.24. The minimum absolute atomic E-state index is 0.0639. The molecule has 0 aliphatic rings. The smallest absolute Gasteiger partial charge is 0.307 e. The van der Waals surface area contributed by atoms with E-state index in [1.807, 2.05) is 127 Å². The average Bonchev–Trinajstić information content (AvgIpc) is 1.56. The third-order valence-corrected chi connectivity index (χ3v) is 23.0. The van der Waals surface area contributed by atoms with Gasteiger partial charge in [-0.2, -0.15) is 73.7 Å². The van der Waals surface area contributed by atoms with Crippen LogP contribution in [0.15, 0.2) is 316 Å². The number of fused-ring (bicyclic) bond motifs is 12. The van der Waals surface area contributed by atoms with Crippen LogP contribution in [0.1, 0.15) is 44.5 Å². The van der Waals surface area contributed by atoms with Crippen molar-refractivity contribution in [1.29, 1.82) is 21.0 Å². The van der Waals surface area contributed by atoms with E-state index in [4.69, 9.17) is 9.97 Å². The van der Waals surface area contributed by atoms with E-state index in [2.05, 4.69) is 24.3 Å². The maximum atomic E-state index is 15.2. The van der Waals surface area contributed by atoms with Crippen LogP contribution in [-0.2, 0) is 24.7 Å². The molecule has 14 aromatic carbocycles. The van der Waals surface area contributed by atoms with Crippen LogP contribution < -0.4 is 0 Å². The fourth-order valence-corrected chi connectivity index (χ4v) is 17.3. The van der Waals surface area contributed by atoms with Crippen LogP contribution in [-0.4, -0.2) is 28.2 Å². The van der Waals surface area contributed by atoms with Crippen LogP contribution in [0.25, 0.3) is 188 Å². The molecule has 0 aliphatic heterocycles. The van der Waals surface area contributed by atoms with Crippen LogP contribution in [0.4, 0.5) is 52.7 Å². The van der Waals surface area contributed by atoms with Gasteiger partial charge in [0.25, 0.3) is 0 Å². The Balaban J connectivity index is 0.775. The van der Waals surface area contributed by atoms with E-state index in [-0.39, 0.29) is 51.8 Å². The predicted molar refractivity (Wildman–Crippen MR) is 456 cm³/mol. The third-order valence-electron chi connectivity index (χ3n) is 23.0. The van der Waals surface area contributed by atoms with Crippen molar-refractivity contribution in [2.24, 2.45) is 0 Å². The maximum Gasteiger partial charge on any atom is 0.416 e. The molecule has 0 amide bonds. The van der Waals surface area contributed by atoms with E-state index in [1.54, 1.807) is 146 Å². The molecule has 6 aromatic heterocycles. The summed E-state index contributed by atoms with van der Waals surface area (Å²) in [7, 11) is 0. The molecule has 0 aliphatic carbocycles. The number of benzene rings is 14. The first-order chi connectivity index (χ1) is 59.7. The van der Waals surface area contributed by atoms with Crippen molar-refractivity contribution in [3.05, 3.63) is 360 Å². The van der Waals surface area contributed by atoms with Crippen LogP contribution in [0.5, 0.6) is 0 Å². The summed E-state index contributed by atoms with van der Waals surface area (Å²) in [6, 6.07) is 90.3. The molecule has 0 saturated carbocycles. The van der Waals surface area contributed by atoms with Crippen molar-refractivity contribution in [3.8, 4) is 125 Å². The highest BCUT2D eigenvalue weighted by Gasteiger charge is 2.40. The van der Waals surface area contributed by atoms with E-state index < -0.39 is 58.1 Å². The Labute approximate surface area is 695 Å². The molecule has 22 heteroatoms. The standard InChI is InChI=1S/C102H52F12N10/c103-99(104,105)73-38-71(39-74(47-73)100(106,107)108)82-49-97(119-55-95(82)121-88-20-5-3-18-79(88)84-42-64(24-29-90(84)121)61-13-7-10-57(32-61)51-115)123-91-30-25-65(62-14-8-11-58(33-62)52-116)43-85(91)86-44-66(26-31-92(86)123)69-35-60(54-118)36-70(37-69)68-23-28-80-77-16-1-4-19-87(77)122(93(80)46-68)96-56-120-98(50-83(96)72-40-75(101(109,110)111)48-76(41-72)102(112,113)114)124-89-21-6-2-17-78(89)81-27-22-67(45-94(81)124)63-15-9-12-59(34-63)53-117/h1-50,55-56H. The Morgan fingerprint density at radius 1 is 0.210 bits per heavy atom. The summed E-state index contributed by atoms with van der Waals surface area (Å²) in [5.41, 5.74) is 4.85. The predicted octanol–water partition coefficient (Wildman–Crippen LogP) is 28.1. The molecule has 0 unspecified atom stereocenters. The van der Waals surface area contributed by atoms with Gasteiger partial charge in [-0.25, -0.2) is 9.97 Å². The van der Waals surface area contributed by atoms with Crippen LogP contribution in [0.2, 0.25) is 0 Å². The summed E-state index contributed by atoms with van der Waals surface area (Å²) in [5.74, 6) is 0.222. The maximum absolute atomic E-state index is 15.2. The van der Waals surface area contributed by atoms with Crippen molar-refractivity contribution in [2.45, 2.75) is 24.7 Å². The summed E-state index contributed by atoms with van der Waals surface area (Å²) < 4.78 is 189. The molecular formula is C102H52F12N10. The van der Waals surface area contributed by atoms with Gasteiger partial charge in [0.2, 0.25) is 0 Å². The van der Waals surface area contributed by atoms with E-state index in [0.717, 1.165) is 21.9 Å². The van der Waals surface area contributed by atoms with Gasteiger partial charge < -0.3 is 9.13 Å². The first-order valence-electron chi connectivity index (χ1n) is 38.6. The van der Waals surface area contributed by atoms with Gasteiger partial charge in [0.1, 0.15) is 11.6 Å². The SMILES string of the molecule is N#Cc1cccc(-c2ccc3c(c2)c2cc(-c4cc(C#N)cc(-c5ccc6c7ccccc7n(-c7cnc(-n8c9ccccc9c9ccc(-c%10cccc(C#N)c%10)cc98)cc7-c7cc(C(F)(F)F)cc(C(F)(F)F)c7)c6c5)c4)ccc2n3-c2cc(-c3cc(C(F)(F)F)cc(C(F)(F)F)c3)c(-n3c4ccccc4c4cc(-c5cccc(C#N)c5)ccc43)cn2)c1. The zero-order chi connectivity index (χ0) is 85.6. The normalized spacial score (nSPS) is 12.2. The van der Waals surface area contributed by atoms with E-state index in [1.165, 1.54) is 24.5 Å². The van der Waals surface area contributed by atoms with Crippen LogP contribution in [0, 0.1) is 45.3 Å². The molecule has 20 aromatic rings. The number of para-hydroxylation sites is 3. The second-order valence-electron chi connectivity index (χ2n) is 30.2. The summed E-state index contributed by atoms with van der Waals surface area (Å²) in [5, 5.41) is 46.1. The van der Waals surface area contributed by atoms with Gasteiger partial charge in [-0.15, -0.1) is 0 Å². The Hall–Kier alpha value is -16.3. The molecule has 0 spiro atoms. The number of hydrogen-bond donors (Lipinski definition) is 0. The number of hydrogen-bond acceptors (Lipinski definition) is 6. The number of nitriles is 4. The lowest BCUT2D eigenvalue weighted by Crippen LogP contribution is -2.11. The van der Waals surface area contributed by atoms with Crippen LogP contribution in [0.3, 0.4) is 0 Å². The molecule has 0 saturated heterocycles. The highest BCUT2D eigenvalue weighted by molar-refractivity contribution is 6.15. The van der Waals surface area contributed by atoms with E-state index in [9.17, 15) is 21.0 Å². The summed E-state index contributed by atoms with van der Waals surface area (Å²) >= 11 is 0. The Kier molecular flexibility index (Phi) is 17.7. The quantitative estimate of drug-likeness (QED) is 0.118. The lowest BCUT2D eigenvalue weighted by molar-refractivity contribution is -0.144. The summed E-state index contributed by atoms with van der Waals surface area (Å²) in [6.07, 6.45) is -18.1. The minimum Gasteiger partial charge on any atom is -0.307 e. The second-order valence-corrected chi connectivity index (χ2v) is 30.2. The number of halogens is 12. The van der Waals surface area contributed by atoms with Crippen molar-refractivity contribution in [2.75, 3.05) is 0 Å². The molecule has 0 bridgehead atoms. The van der Waals surface area contributed by atoms with Gasteiger partial charge in [0.15, 0.2) is 0 Å². The highest BCUT2D eigenvalue weighted by atomic mass is 19.4. The second kappa shape index (κ2) is 28.7. The van der Waals surface area contributed by atoms with Gasteiger partial charge in [-0.3, -0.25) is 9.13 Å². The Bertz CT molecular complexity index is 8080. The Morgan fingerprint density at radius 3 is 0.887 bits per heavy atom. The number of nitrogens with zero attached hydrogens (tertiary/aromatic N) is 10. The Morgan fingerprint density at radius 2 is 0.492 bits per heavy atom. The first-order valence-corrected chi connectivity index (χ1v) is 38.6. The molecule has 124 heavy (non-hydrogen) atoms. The van der Waals surface area contributed by atoms with Crippen LogP contribution >= 0.6 is 0 Å². The van der Waals surface area contributed by atoms with Gasteiger partial charge in [0, 0.05) is 54.2 Å². The lowest BCUT2D eigenvalue weighted by Gasteiger charge is -2.19. The molecule has 0 fully saturated rings. The molecular weight excluding hydrogens is 1590 g/mol. The molecule has 6 heterocycles. The van der Waals surface area contributed by atoms with Crippen molar-refractivity contribution in [3.63, 3.8) is 0 Å². The molecule has 0 N–H and O–H groups in total. The molecule has 20 rings (SSSR count). The monoisotopic (exact) mass is 1640 g/mol. The fraction of sp³-hybridized carbons (Fsp3) is 0.0392. The number of aromatic nitrogens is 6. The summed E-state index contributed by atoms with van der Waals surface area (Å²) in [4.78, 5) is 10.2. The molecule has 0 radical (unpaired) electrons. The lowest BCUT2D eigenvalue weighted by atomic mass is 9.94. The topological polar surface area (TPSA) is 141 Å². The van der Waals surface area contributed by atoms with Gasteiger partial charge in [-0.05, 0) is 237 Å². The van der Waals surface area contributed by atoms with E-state index in [0.29, 0.717) is 162 Å². The first kappa shape index (κ1) is 76.4. The third kappa shape index (κ3) is 13.1. The number of rotatable bonds is 11. The van der Waals surface area contributed by atoms with Crippen molar-refractivity contribution >= 4 is 87.2 Å². The van der Waals surface area contributed by atoms with E-state index >= 15 is 52.7 Å². The zero-order valence-corrected chi connectivity index (χ0v) is 64.0. The highest BCUT2D eigenvalue weighted by Crippen LogP contribution is 2.49. The fourth-order valence-electron chi connectivity index (χ4n) is 17.3. The zero-order valence-electron chi connectivity index (χ0n) is 64.0. The van der Waals surface area contributed by atoms with Gasteiger partial charge >= 0.3 is 24.7 Å². The van der Waals surface area contributed by atoms with Gasteiger partial charge in [0.05, 0.1) is 137 Å². The van der Waals surface area contributed by atoms with Crippen molar-refractivity contribution < 1.29 is 52.7 Å². The number of pyridine rings is 2. The molecule has 0 atom stereocenters. The average molecular weight is 1650 g/mol.